The first kappa shape index (κ1) is 28.1. The highest BCUT2D eigenvalue weighted by molar-refractivity contribution is 7.46. The summed E-state index contributed by atoms with van der Waals surface area (Å²) in [5, 5.41) is 10.6. The van der Waals surface area contributed by atoms with E-state index >= 15 is 0 Å². The minimum absolute atomic E-state index is 0.177. The smallest absolute Gasteiger partial charge is 0.457 e. The van der Waals surface area contributed by atoms with Gasteiger partial charge in [-0.3, -0.25) is 23.9 Å². The molecule has 0 bridgehead atoms. The molecule has 0 saturated heterocycles. The van der Waals surface area contributed by atoms with E-state index in [0.29, 0.717) is 11.0 Å². The maximum atomic E-state index is 12.5. The molecule has 0 fully saturated rings. The Balaban J connectivity index is 2.22. The molecular formula is C21H25N4O11P. The number of aliphatic hydroxyl groups excluding tert-OH is 1. The number of phosphoric acid groups is 1. The fraction of sp³-hybridized carbons (Fsp3) is 0.429. The van der Waals surface area contributed by atoms with Crippen LogP contribution in [0.4, 0.5) is 0 Å². The average molecular weight is 540 g/mol. The third-order valence-electron chi connectivity index (χ3n) is 5.37. The van der Waals surface area contributed by atoms with Crippen LogP contribution in [0.5, 0.6) is 0 Å². The zero-order valence-corrected chi connectivity index (χ0v) is 21.1. The van der Waals surface area contributed by atoms with Crippen LogP contribution in [0.2, 0.25) is 0 Å². The van der Waals surface area contributed by atoms with Crippen molar-refractivity contribution in [3.05, 3.63) is 44.1 Å². The van der Waals surface area contributed by atoms with Gasteiger partial charge in [-0.05, 0) is 37.1 Å². The van der Waals surface area contributed by atoms with Gasteiger partial charge in [-0.1, -0.05) is 0 Å². The number of aromatic amines is 1. The van der Waals surface area contributed by atoms with E-state index in [-0.39, 0.29) is 11.5 Å². The molecule has 200 valence electrons. The Hall–Kier alpha value is -3.49. The van der Waals surface area contributed by atoms with Crippen LogP contribution in [0.15, 0.2) is 21.7 Å². The van der Waals surface area contributed by atoms with Gasteiger partial charge in [-0.25, -0.2) is 14.3 Å². The van der Waals surface area contributed by atoms with Gasteiger partial charge in [0.25, 0.3) is 5.56 Å². The average Bonchev–Trinajstić information content (AvgIpc) is 2.76. The third kappa shape index (κ3) is 6.84. The van der Waals surface area contributed by atoms with Gasteiger partial charge in [-0.2, -0.15) is 4.98 Å². The largest absolute Gasteiger partial charge is 0.469 e. The second kappa shape index (κ2) is 10.9. The summed E-state index contributed by atoms with van der Waals surface area (Å²) in [4.78, 5) is 76.5. The number of aliphatic hydroxyl groups is 1. The van der Waals surface area contributed by atoms with E-state index in [1.54, 1.807) is 12.1 Å². The molecule has 15 nitrogen and oxygen atoms in total. The van der Waals surface area contributed by atoms with E-state index in [2.05, 4.69) is 14.5 Å². The lowest BCUT2D eigenvalue weighted by molar-refractivity contribution is -0.177. The summed E-state index contributed by atoms with van der Waals surface area (Å²) in [5.41, 5.74) is 0.364. The summed E-state index contributed by atoms with van der Waals surface area (Å²) in [6.07, 6.45) is -5.04. The molecule has 2 aliphatic rings. The molecule has 1 aromatic carbocycles. The molecule has 2 aliphatic heterocycles. The molecule has 0 amide bonds. The number of fused-ring (bicyclic) bond motifs is 2. The Morgan fingerprint density at radius 3 is 2.30 bits per heavy atom. The number of rotatable bonds is 9. The highest BCUT2D eigenvalue weighted by atomic mass is 31.2. The topological polar surface area (TPSA) is 220 Å². The number of carbonyl (C=O) groups is 2. The number of carbonyl (C=O) groups excluding carboxylic acids is 2. The second-order valence-corrected chi connectivity index (χ2v) is 9.51. The van der Waals surface area contributed by atoms with Crippen LogP contribution < -0.4 is 11.2 Å². The van der Waals surface area contributed by atoms with Crippen LogP contribution in [0.3, 0.4) is 0 Å². The summed E-state index contributed by atoms with van der Waals surface area (Å²) in [6, 6.07) is 3.39. The van der Waals surface area contributed by atoms with Crippen molar-refractivity contribution in [3.8, 4) is 11.5 Å². The van der Waals surface area contributed by atoms with Crippen LogP contribution >= 0.6 is 7.82 Å². The van der Waals surface area contributed by atoms with Crippen LogP contribution in [-0.2, 0) is 34.7 Å². The lowest BCUT2D eigenvalue weighted by atomic mass is 10.1. The number of esters is 2. The molecule has 16 heteroatoms. The Kier molecular flexibility index (Phi) is 8.25. The van der Waals surface area contributed by atoms with E-state index in [1.807, 2.05) is 18.8 Å². The number of phosphoric ester groups is 1. The molecule has 2 heterocycles. The highest BCUT2D eigenvalue weighted by Gasteiger charge is 2.37. The maximum absolute atomic E-state index is 12.5. The summed E-state index contributed by atoms with van der Waals surface area (Å²) in [5.74, 6) is -1.94. The van der Waals surface area contributed by atoms with Gasteiger partial charge in [0.05, 0.1) is 24.2 Å². The predicted molar refractivity (Wildman–Crippen MR) is 126 cm³/mol. The van der Waals surface area contributed by atoms with Crippen molar-refractivity contribution >= 4 is 30.8 Å². The van der Waals surface area contributed by atoms with Crippen LogP contribution in [-0.4, -0.2) is 71.3 Å². The van der Waals surface area contributed by atoms with Gasteiger partial charge in [0, 0.05) is 13.8 Å². The van der Waals surface area contributed by atoms with Gasteiger partial charge < -0.3 is 28.9 Å². The minimum atomic E-state index is -5.01. The normalized spacial score (nSPS) is 14.4. The quantitative estimate of drug-likeness (QED) is 0.153. The summed E-state index contributed by atoms with van der Waals surface area (Å²) in [7, 11) is -5.01. The number of nitrogens with one attached hydrogen (secondary N) is 1. The van der Waals surface area contributed by atoms with E-state index in [9.17, 15) is 28.8 Å². The van der Waals surface area contributed by atoms with Gasteiger partial charge in [0.1, 0.15) is 6.10 Å². The molecule has 1 aromatic rings. The first-order chi connectivity index (χ1) is 17.2. The maximum Gasteiger partial charge on any atom is 0.469 e. The number of nitrogens with zero attached hydrogens (tertiary/aromatic N) is 3. The Morgan fingerprint density at radius 2 is 1.70 bits per heavy atom. The van der Waals surface area contributed by atoms with Gasteiger partial charge in [0.2, 0.25) is 0 Å². The molecule has 0 spiro atoms. The van der Waals surface area contributed by atoms with E-state index in [4.69, 9.17) is 19.3 Å². The summed E-state index contributed by atoms with van der Waals surface area (Å²) in [6.45, 7) is 4.29. The van der Waals surface area contributed by atoms with Crippen molar-refractivity contribution in [1.82, 2.24) is 19.5 Å². The third-order valence-corrected chi connectivity index (χ3v) is 5.85. The van der Waals surface area contributed by atoms with E-state index < -0.39 is 62.5 Å². The Bertz CT molecular complexity index is 1480. The van der Waals surface area contributed by atoms with Crippen LogP contribution in [0.25, 0.3) is 22.6 Å². The number of benzene rings is 1. The molecule has 3 atom stereocenters. The lowest BCUT2D eigenvalue weighted by Crippen LogP contribution is -2.47. The van der Waals surface area contributed by atoms with Crippen molar-refractivity contribution in [1.29, 1.82) is 0 Å². The monoisotopic (exact) mass is 540 g/mol. The molecular weight excluding hydrogens is 515 g/mol. The van der Waals surface area contributed by atoms with Crippen molar-refractivity contribution in [2.75, 3.05) is 6.61 Å². The van der Waals surface area contributed by atoms with Gasteiger partial charge in [0.15, 0.2) is 23.7 Å². The van der Waals surface area contributed by atoms with Gasteiger partial charge in [-0.15, -0.1) is 0 Å². The van der Waals surface area contributed by atoms with Crippen LogP contribution in [0, 0.1) is 13.8 Å². The molecule has 0 aliphatic carbocycles. The minimum Gasteiger partial charge on any atom is -0.457 e. The second-order valence-electron chi connectivity index (χ2n) is 8.27. The van der Waals surface area contributed by atoms with Crippen molar-refractivity contribution < 1.29 is 43.0 Å². The molecule has 37 heavy (non-hydrogen) atoms. The molecule has 0 saturated carbocycles. The lowest BCUT2D eigenvalue weighted by Gasteiger charge is -2.31. The van der Waals surface area contributed by atoms with Crippen LogP contribution in [0.1, 0.15) is 25.0 Å². The van der Waals surface area contributed by atoms with E-state index in [0.717, 1.165) is 25.0 Å². The fourth-order valence-electron chi connectivity index (χ4n) is 3.70. The summed E-state index contributed by atoms with van der Waals surface area (Å²) < 4.78 is 27.3. The van der Waals surface area contributed by atoms with Gasteiger partial charge >= 0.3 is 25.5 Å². The summed E-state index contributed by atoms with van der Waals surface area (Å²) >= 11 is 0. The SMILES string of the molecule is CC(=O)O[C@H]([C@H](O)COP(=O)(O)O)[C@H](Cn1c2nc(=O)[nH]c(=O)c-2nc2cc(C)c(C)cc21)OC(C)=O. The standard InChI is InChI=1S/C21H25N4O11P/c1-9-5-13-14(6-10(9)2)25(19-17(22-13)20(29)24-21(30)23-19)7-16(35-11(3)26)18(36-12(4)27)15(28)8-34-37(31,32)33/h5-6,15-16,18,28H,7-8H2,1-4H3,(H,24,29,30)(H2,31,32,33)/t15-,16+,18-/m1/s1. The number of aryl methyl sites for hydroxylation is 2. The zero-order valence-electron chi connectivity index (χ0n) is 20.2. The molecule has 0 radical (unpaired) electrons. The van der Waals surface area contributed by atoms with Crippen molar-refractivity contribution in [2.24, 2.45) is 0 Å². The number of hydrogen-bond acceptors (Lipinski definition) is 11. The van der Waals surface area contributed by atoms with Crippen molar-refractivity contribution in [2.45, 2.75) is 52.6 Å². The number of hydrogen-bond donors (Lipinski definition) is 4. The molecule has 3 rings (SSSR count). The zero-order chi connectivity index (χ0) is 27.7. The molecule has 4 N–H and O–H groups in total. The first-order valence-corrected chi connectivity index (χ1v) is 12.3. The molecule has 0 aromatic heterocycles. The fourth-order valence-corrected chi connectivity index (χ4v) is 4.05. The molecule has 0 unspecified atom stereocenters. The highest BCUT2D eigenvalue weighted by Crippen LogP contribution is 2.36. The Labute approximate surface area is 208 Å². The first-order valence-electron chi connectivity index (χ1n) is 10.8. The number of H-pyrrole nitrogens is 1. The van der Waals surface area contributed by atoms with Crippen molar-refractivity contribution in [3.63, 3.8) is 0 Å². The number of aromatic nitrogens is 4. The number of ether oxygens (including phenoxy) is 2. The Morgan fingerprint density at radius 1 is 1.08 bits per heavy atom. The predicted octanol–water partition coefficient (Wildman–Crippen LogP) is -0.465. The van der Waals surface area contributed by atoms with E-state index in [1.165, 1.54) is 4.57 Å².